The van der Waals surface area contributed by atoms with Gasteiger partial charge < -0.3 is 14.6 Å². The van der Waals surface area contributed by atoms with Crippen molar-refractivity contribution < 1.29 is 18.8 Å². The van der Waals surface area contributed by atoms with Crippen molar-refractivity contribution in [3.8, 4) is 11.5 Å². The van der Waals surface area contributed by atoms with Crippen LogP contribution in [0.3, 0.4) is 0 Å². The molecule has 7 nitrogen and oxygen atoms in total. The highest BCUT2D eigenvalue weighted by atomic mass is 16.5. The third kappa shape index (κ3) is 4.65. The van der Waals surface area contributed by atoms with Crippen molar-refractivity contribution in [2.24, 2.45) is 5.92 Å². The van der Waals surface area contributed by atoms with Crippen molar-refractivity contribution in [1.29, 1.82) is 0 Å². The minimum absolute atomic E-state index is 0.0882. The summed E-state index contributed by atoms with van der Waals surface area (Å²) in [4.78, 5) is 27.5. The maximum Gasteiger partial charge on any atom is 0.329 e. The number of rotatable bonds is 6. The Hall–Kier alpha value is -2.70. The topological polar surface area (TPSA) is 94.3 Å². The third-order valence-corrected chi connectivity index (χ3v) is 3.39. The van der Waals surface area contributed by atoms with Gasteiger partial charge in [-0.2, -0.15) is 4.98 Å². The van der Waals surface area contributed by atoms with Crippen LogP contribution in [0, 0.1) is 12.8 Å². The molecule has 0 aliphatic rings. The van der Waals surface area contributed by atoms with Crippen LogP contribution < -0.4 is 5.32 Å². The molecule has 24 heavy (non-hydrogen) atoms. The molecule has 2 aromatic rings. The summed E-state index contributed by atoms with van der Waals surface area (Å²) in [6.45, 7) is 6.88. The number of aryl methyl sites for hydroxylation is 1. The van der Waals surface area contributed by atoms with Crippen molar-refractivity contribution in [3.63, 3.8) is 0 Å². The second kappa shape index (κ2) is 7.72. The van der Waals surface area contributed by atoms with Gasteiger partial charge in [-0.25, -0.2) is 4.79 Å². The van der Waals surface area contributed by atoms with Crippen LogP contribution in [-0.4, -0.2) is 28.1 Å². The standard InChI is InChI=1S/C17H21N3O4/c1-10(2)15(18-12(4)21)17(22)23-9-14-19-16(24-20-14)13-7-5-11(3)6-8-13/h5-8,10,15H,9H2,1-4H3,(H,18,21)/t15-/m1/s1. The molecular weight excluding hydrogens is 310 g/mol. The molecule has 1 amide bonds. The fraction of sp³-hybridized carbons (Fsp3) is 0.412. The number of carbonyl (C=O) groups excluding carboxylic acids is 2. The van der Waals surface area contributed by atoms with Crippen LogP contribution in [0.2, 0.25) is 0 Å². The van der Waals surface area contributed by atoms with E-state index in [1.807, 2.05) is 45.0 Å². The average Bonchev–Trinajstić information content (AvgIpc) is 2.99. The van der Waals surface area contributed by atoms with Crippen LogP contribution in [-0.2, 0) is 20.9 Å². The van der Waals surface area contributed by atoms with E-state index in [1.165, 1.54) is 6.92 Å². The Labute approximate surface area is 140 Å². The highest BCUT2D eigenvalue weighted by Gasteiger charge is 2.25. The summed E-state index contributed by atoms with van der Waals surface area (Å²) >= 11 is 0. The van der Waals surface area contributed by atoms with Gasteiger partial charge in [0.1, 0.15) is 6.04 Å². The molecule has 1 aromatic carbocycles. The zero-order valence-electron chi connectivity index (χ0n) is 14.2. The first-order chi connectivity index (χ1) is 11.4. The van der Waals surface area contributed by atoms with Crippen molar-refractivity contribution in [2.75, 3.05) is 0 Å². The Bertz CT molecular complexity index is 707. The van der Waals surface area contributed by atoms with Gasteiger partial charge >= 0.3 is 5.97 Å². The molecule has 1 N–H and O–H groups in total. The van der Waals surface area contributed by atoms with E-state index >= 15 is 0 Å². The van der Waals surface area contributed by atoms with E-state index in [9.17, 15) is 9.59 Å². The predicted molar refractivity (Wildman–Crippen MR) is 86.7 cm³/mol. The van der Waals surface area contributed by atoms with Crippen LogP contribution >= 0.6 is 0 Å². The van der Waals surface area contributed by atoms with Crippen LogP contribution in [0.4, 0.5) is 0 Å². The Balaban J connectivity index is 1.98. The van der Waals surface area contributed by atoms with Crippen LogP contribution in [0.25, 0.3) is 11.5 Å². The summed E-state index contributed by atoms with van der Waals surface area (Å²) in [5, 5.41) is 6.38. The number of hydrogen-bond acceptors (Lipinski definition) is 6. The summed E-state index contributed by atoms with van der Waals surface area (Å²) in [6, 6.07) is 6.94. The number of nitrogens with zero attached hydrogens (tertiary/aromatic N) is 2. The normalized spacial score (nSPS) is 12.0. The maximum absolute atomic E-state index is 12.1. The molecule has 1 atom stereocenters. The Kier molecular flexibility index (Phi) is 5.68. The van der Waals surface area contributed by atoms with Gasteiger partial charge in [-0.3, -0.25) is 4.79 Å². The first kappa shape index (κ1) is 17.7. The van der Waals surface area contributed by atoms with Gasteiger partial charge in [0.15, 0.2) is 6.61 Å². The Morgan fingerprint density at radius 3 is 2.50 bits per heavy atom. The third-order valence-electron chi connectivity index (χ3n) is 3.39. The first-order valence-corrected chi connectivity index (χ1v) is 7.70. The molecule has 0 saturated carbocycles. The fourth-order valence-electron chi connectivity index (χ4n) is 2.07. The summed E-state index contributed by atoms with van der Waals surface area (Å²) < 4.78 is 10.4. The van der Waals surface area contributed by atoms with E-state index in [4.69, 9.17) is 9.26 Å². The van der Waals surface area contributed by atoms with Crippen LogP contribution in [0.1, 0.15) is 32.2 Å². The predicted octanol–water partition coefficient (Wildman–Crippen LogP) is 2.25. The van der Waals surface area contributed by atoms with Crippen molar-refractivity contribution >= 4 is 11.9 Å². The van der Waals surface area contributed by atoms with Crippen molar-refractivity contribution in [3.05, 3.63) is 35.7 Å². The van der Waals surface area contributed by atoms with Gasteiger partial charge in [0.05, 0.1) is 0 Å². The lowest BCUT2D eigenvalue weighted by molar-refractivity contribution is -0.150. The number of amides is 1. The summed E-state index contributed by atoms with van der Waals surface area (Å²) in [7, 11) is 0. The molecule has 0 fully saturated rings. The van der Waals surface area contributed by atoms with E-state index in [2.05, 4.69) is 15.5 Å². The molecule has 0 aliphatic heterocycles. The molecule has 0 bridgehead atoms. The van der Waals surface area contributed by atoms with Gasteiger partial charge in [-0.05, 0) is 25.0 Å². The highest BCUT2D eigenvalue weighted by molar-refractivity contribution is 5.83. The monoisotopic (exact) mass is 331 g/mol. The number of hydrogen-bond donors (Lipinski definition) is 1. The van der Waals surface area contributed by atoms with E-state index in [1.54, 1.807) is 0 Å². The lowest BCUT2D eigenvalue weighted by Gasteiger charge is -2.19. The lowest BCUT2D eigenvalue weighted by atomic mass is 10.0. The Morgan fingerprint density at radius 1 is 1.25 bits per heavy atom. The zero-order valence-corrected chi connectivity index (χ0v) is 14.2. The molecular formula is C17H21N3O4. The summed E-state index contributed by atoms with van der Waals surface area (Å²) in [6.07, 6.45) is 0. The SMILES string of the molecule is CC(=O)N[C@@H](C(=O)OCc1noc(-c2ccc(C)cc2)n1)C(C)C. The molecule has 2 rings (SSSR count). The summed E-state index contributed by atoms with van der Waals surface area (Å²) in [5.74, 6) is -0.267. The molecule has 1 heterocycles. The van der Waals surface area contributed by atoms with E-state index in [0.29, 0.717) is 5.89 Å². The van der Waals surface area contributed by atoms with E-state index in [0.717, 1.165) is 11.1 Å². The first-order valence-electron chi connectivity index (χ1n) is 7.70. The fourth-order valence-corrected chi connectivity index (χ4v) is 2.07. The van der Waals surface area contributed by atoms with Crippen LogP contribution in [0.5, 0.6) is 0 Å². The number of benzene rings is 1. The zero-order chi connectivity index (χ0) is 17.7. The number of ether oxygens (including phenoxy) is 1. The quantitative estimate of drug-likeness (QED) is 0.816. The van der Waals surface area contributed by atoms with Crippen molar-refractivity contribution in [2.45, 2.75) is 40.3 Å². The smallest absolute Gasteiger partial charge is 0.329 e. The highest BCUT2D eigenvalue weighted by Crippen LogP contribution is 2.17. The van der Waals surface area contributed by atoms with Gasteiger partial charge in [0, 0.05) is 12.5 Å². The van der Waals surface area contributed by atoms with Gasteiger partial charge in [-0.1, -0.05) is 36.7 Å². The maximum atomic E-state index is 12.1. The minimum atomic E-state index is -0.703. The largest absolute Gasteiger partial charge is 0.456 e. The van der Waals surface area contributed by atoms with Crippen molar-refractivity contribution in [1.82, 2.24) is 15.5 Å². The van der Waals surface area contributed by atoms with Gasteiger partial charge in [0.2, 0.25) is 11.7 Å². The lowest BCUT2D eigenvalue weighted by Crippen LogP contribution is -2.44. The molecule has 0 saturated heterocycles. The van der Waals surface area contributed by atoms with E-state index in [-0.39, 0.29) is 24.3 Å². The molecule has 0 aliphatic carbocycles. The van der Waals surface area contributed by atoms with Gasteiger partial charge in [0.25, 0.3) is 5.89 Å². The number of carbonyl (C=O) groups is 2. The average molecular weight is 331 g/mol. The molecule has 0 spiro atoms. The summed E-state index contributed by atoms with van der Waals surface area (Å²) in [5.41, 5.74) is 1.93. The van der Waals surface area contributed by atoms with E-state index < -0.39 is 12.0 Å². The number of esters is 1. The number of nitrogens with one attached hydrogen (secondary N) is 1. The molecule has 0 unspecified atom stereocenters. The molecule has 7 heteroatoms. The molecule has 0 radical (unpaired) electrons. The second-order valence-corrected chi connectivity index (χ2v) is 5.91. The Morgan fingerprint density at radius 2 is 1.92 bits per heavy atom. The second-order valence-electron chi connectivity index (χ2n) is 5.91. The van der Waals surface area contributed by atoms with Gasteiger partial charge in [-0.15, -0.1) is 0 Å². The number of aromatic nitrogens is 2. The van der Waals surface area contributed by atoms with Crippen LogP contribution in [0.15, 0.2) is 28.8 Å². The molecule has 1 aromatic heterocycles. The molecule has 128 valence electrons. The minimum Gasteiger partial charge on any atom is -0.456 e.